The van der Waals surface area contributed by atoms with Crippen molar-refractivity contribution in [2.24, 2.45) is 11.7 Å². The third-order valence-electron chi connectivity index (χ3n) is 8.62. The standard InChI is InChI=1S/C38H48N6O4S/c1-4-25(3)34(43-37(47)30(40-32(45)5-2)24-33-41-28-20-12-13-22-31(28)49-33)38(48)42-29(21-14-15-23-39)36(46)44-35(26-16-8-6-9-17-26)27-18-10-7-11-19-27/h6-13,16-20,22,25,29-30,34-35H,4-5,14-15,21,23-24,39H2,1-3H3,(H,40,45)(H,42,48)(H,43,47)(H,44,46)/t25-,29-,30-,34-/m0/s1. The van der Waals surface area contributed by atoms with Gasteiger partial charge in [-0.25, -0.2) is 4.98 Å². The Balaban J connectivity index is 1.54. The fourth-order valence-corrected chi connectivity index (χ4v) is 6.57. The molecule has 4 rings (SSSR count). The van der Waals surface area contributed by atoms with Crippen molar-refractivity contribution in [3.63, 3.8) is 0 Å². The van der Waals surface area contributed by atoms with Crippen LogP contribution in [0.15, 0.2) is 84.9 Å². The SMILES string of the molecule is CCC(=O)N[C@@H](Cc1nc2ccccc2s1)C(=O)N[C@H](C(=O)N[C@@H](CCCCN)C(=O)NC(c1ccccc1)c1ccccc1)[C@@H](C)CC. The van der Waals surface area contributed by atoms with Gasteiger partial charge in [0, 0.05) is 12.8 Å². The van der Waals surface area contributed by atoms with Gasteiger partial charge in [0.05, 0.1) is 21.3 Å². The van der Waals surface area contributed by atoms with Crippen LogP contribution in [0.25, 0.3) is 10.2 Å². The van der Waals surface area contributed by atoms with Gasteiger partial charge in [0.15, 0.2) is 0 Å². The lowest BCUT2D eigenvalue weighted by atomic mass is 9.96. The molecule has 4 aromatic rings. The number of hydrogen-bond donors (Lipinski definition) is 5. The number of aromatic nitrogens is 1. The smallest absolute Gasteiger partial charge is 0.243 e. The number of carbonyl (C=O) groups is 4. The molecular weight excluding hydrogens is 637 g/mol. The van der Waals surface area contributed by atoms with Crippen LogP contribution in [0.5, 0.6) is 0 Å². The second-order valence-corrected chi connectivity index (χ2v) is 13.3. The highest BCUT2D eigenvalue weighted by Crippen LogP contribution is 2.24. The predicted molar refractivity (Wildman–Crippen MR) is 195 cm³/mol. The summed E-state index contributed by atoms with van der Waals surface area (Å²) in [7, 11) is 0. The van der Waals surface area contributed by atoms with Crippen molar-refractivity contribution in [3.8, 4) is 0 Å². The van der Waals surface area contributed by atoms with Crippen LogP contribution in [-0.4, -0.2) is 53.3 Å². The van der Waals surface area contributed by atoms with E-state index in [1.54, 1.807) is 6.92 Å². The number of unbranched alkanes of at least 4 members (excludes halogenated alkanes) is 1. The van der Waals surface area contributed by atoms with Crippen molar-refractivity contribution < 1.29 is 19.2 Å². The zero-order valence-electron chi connectivity index (χ0n) is 28.5. The second-order valence-electron chi connectivity index (χ2n) is 12.2. The topological polar surface area (TPSA) is 155 Å². The van der Waals surface area contributed by atoms with E-state index in [0.717, 1.165) is 21.3 Å². The summed E-state index contributed by atoms with van der Waals surface area (Å²) in [5, 5.41) is 12.6. The van der Waals surface area contributed by atoms with Crippen LogP contribution in [0, 0.1) is 5.92 Å². The lowest BCUT2D eigenvalue weighted by molar-refractivity contribution is -0.134. The van der Waals surface area contributed by atoms with Crippen LogP contribution in [0.3, 0.4) is 0 Å². The second kappa shape index (κ2) is 18.8. The first-order chi connectivity index (χ1) is 23.7. The van der Waals surface area contributed by atoms with Crippen LogP contribution in [0.4, 0.5) is 0 Å². The average Bonchev–Trinajstić information content (AvgIpc) is 3.54. The highest BCUT2D eigenvalue weighted by molar-refractivity contribution is 7.18. The van der Waals surface area contributed by atoms with Gasteiger partial charge in [0.2, 0.25) is 23.6 Å². The fraction of sp³-hybridized carbons (Fsp3) is 0.395. The van der Waals surface area contributed by atoms with Gasteiger partial charge >= 0.3 is 0 Å². The molecule has 0 saturated heterocycles. The summed E-state index contributed by atoms with van der Waals surface area (Å²) in [5.74, 6) is -1.83. The van der Waals surface area contributed by atoms with E-state index in [2.05, 4.69) is 26.3 Å². The monoisotopic (exact) mass is 684 g/mol. The van der Waals surface area contributed by atoms with Gasteiger partial charge < -0.3 is 27.0 Å². The van der Waals surface area contributed by atoms with Gasteiger partial charge in [-0.15, -0.1) is 11.3 Å². The summed E-state index contributed by atoms with van der Waals surface area (Å²) in [4.78, 5) is 58.9. The van der Waals surface area contributed by atoms with E-state index in [4.69, 9.17) is 5.73 Å². The summed E-state index contributed by atoms with van der Waals surface area (Å²) in [6.07, 6.45) is 2.66. The molecule has 0 spiro atoms. The molecule has 0 aliphatic heterocycles. The minimum Gasteiger partial charge on any atom is -0.344 e. The van der Waals surface area contributed by atoms with Crippen molar-refractivity contribution in [2.45, 2.75) is 83.5 Å². The molecule has 4 amide bonds. The molecule has 0 saturated carbocycles. The summed E-state index contributed by atoms with van der Waals surface area (Å²) < 4.78 is 0.982. The molecule has 3 aromatic carbocycles. The van der Waals surface area contributed by atoms with Crippen molar-refractivity contribution in [1.29, 1.82) is 0 Å². The quantitative estimate of drug-likeness (QED) is 0.0951. The minimum absolute atomic E-state index is 0.177. The molecule has 0 unspecified atom stereocenters. The van der Waals surface area contributed by atoms with Crippen LogP contribution < -0.4 is 27.0 Å². The number of carbonyl (C=O) groups excluding carboxylic acids is 4. The third-order valence-corrected chi connectivity index (χ3v) is 9.67. The van der Waals surface area contributed by atoms with Crippen molar-refractivity contribution >= 4 is 45.2 Å². The minimum atomic E-state index is -0.947. The Morgan fingerprint density at radius 1 is 0.735 bits per heavy atom. The first kappa shape index (κ1) is 37.2. The maximum Gasteiger partial charge on any atom is 0.243 e. The average molecular weight is 685 g/mol. The molecule has 11 heteroatoms. The van der Waals surface area contributed by atoms with Gasteiger partial charge in [-0.1, -0.05) is 100.0 Å². The Morgan fingerprint density at radius 2 is 1.35 bits per heavy atom. The molecule has 0 fully saturated rings. The normalized spacial score (nSPS) is 13.7. The first-order valence-corrected chi connectivity index (χ1v) is 17.9. The number of para-hydroxylation sites is 1. The molecule has 0 aliphatic rings. The number of nitrogens with zero attached hydrogens (tertiary/aromatic N) is 1. The molecule has 0 aliphatic carbocycles. The van der Waals surface area contributed by atoms with Gasteiger partial charge in [0.1, 0.15) is 18.1 Å². The fourth-order valence-electron chi connectivity index (χ4n) is 5.56. The predicted octanol–water partition coefficient (Wildman–Crippen LogP) is 4.78. The van der Waals surface area contributed by atoms with Crippen LogP contribution >= 0.6 is 11.3 Å². The van der Waals surface area contributed by atoms with Crippen molar-refractivity contribution in [2.75, 3.05) is 6.54 Å². The molecular formula is C38H48N6O4S. The number of fused-ring (bicyclic) bond motifs is 1. The summed E-state index contributed by atoms with van der Waals surface area (Å²) in [5.41, 5.74) is 8.41. The van der Waals surface area contributed by atoms with Gasteiger partial charge in [0.25, 0.3) is 0 Å². The molecule has 1 aromatic heterocycles. The Hall–Kier alpha value is -4.61. The zero-order valence-corrected chi connectivity index (χ0v) is 29.3. The lowest BCUT2D eigenvalue weighted by Crippen LogP contribution is -2.59. The van der Waals surface area contributed by atoms with Crippen molar-refractivity contribution in [3.05, 3.63) is 101 Å². The zero-order chi connectivity index (χ0) is 35.2. The van der Waals surface area contributed by atoms with Crippen LogP contribution in [0.2, 0.25) is 0 Å². The highest BCUT2D eigenvalue weighted by atomic mass is 32.1. The van der Waals surface area contributed by atoms with E-state index < -0.39 is 36.0 Å². The molecule has 49 heavy (non-hydrogen) atoms. The molecule has 10 nitrogen and oxygen atoms in total. The third kappa shape index (κ3) is 10.7. The largest absolute Gasteiger partial charge is 0.344 e. The number of rotatable bonds is 18. The molecule has 0 radical (unpaired) electrons. The van der Waals surface area contributed by atoms with E-state index in [0.29, 0.717) is 37.2 Å². The van der Waals surface area contributed by atoms with Gasteiger partial charge in [-0.05, 0) is 55.0 Å². The number of nitrogens with two attached hydrogens (primary N) is 1. The number of hydrogen-bond acceptors (Lipinski definition) is 7. The molecule has 4 atom stereocenters. The molecule has 1 heterocycles. The maximum atomic E-state index is 14.0. The Bertz CT molecular complexity index is 1590. The van der Waals surface area contributed by atoms with Gasteiger partial charge in [-0.2, -0.15) is 0 Å². The van der Waals surface area contributed by atoms with E-state index in [9.17, 15) is 19.2 Å². The van der Waals surface area contributed by atoms with Crippen LogP contribution in [0.1, 0.15) is 75.1 Å². The number of thiazole rings is 1. The van der Waals surface area contributed by atoms with E-state index in [1.165, 1.54) is 11.3 Å². The lowest BCUT2D eigenvalue weighted by Gasteiger charge is -2.29. The van der Waals surface area contributed by atoms with Crippen molar-refractivity contribution in [1.82, 2.24) is 26.3 Å². The van der Waals surface area contributed by atoms with E-state index >= 15 is 0 Å². The Labute approximate surface area is 292 Å². The first-order valence-electron chi connectivity index (χ1n) is 17.1. The number of amides is 4. The Morgan fingerprint density at radius 3 is 1.94 bits per heavy atom. The number of nitrogens with one attached hydrogen (secondary N) is 4. The van der Waals surface area contributed by atoms with E-state index in [1.807, 2.05) is 98.8 Å². The number of benzene rings is 3. The Kier molecular flexibility index (Phi) is 14.3. The van der Waals surface area contributed by atoms with Crippen LogP contribution in [-0.2, 0) is 25.6 Å². The van der Waals surface area contributed by atoms with E-state index in [-0.39, 0.29) is 30.6 Å². The molecule has 6 N–H and O–H groups in total. The maximum absolute atomic E-state index is 14.0. The molecule has 260 valence electrons. The highest BCUT2D eigenvalue weighted by Gasteiger charge is 2.33. The molecule has 0 bridgehead atoms. The summed E-state index contributed by atoms with van der Waals surface area (Å²) >= 11 is 1.46. The van der Waals surface area contributed by atoms with Gasteiger partial charge in [-0.3, -0.25) is 19.2 Å². The summed E-state index contributed by atoms with van der Waals surface area (Å²) in [6, 6.07) is 23.9. The summed E-state index contributed by atoms with van der Waals surface area (Å²) in [6.45, 7) is 5.99.